The fourth-order valence-corrected chi connectivity index (χ4v) is 8.32. The molecule has 2 aliphatic heterocycles. The number of piperidine rings is 1. The van der Waals surface area contributed by atoms with E-state index in [1.165, 1.54) is 16.6 Å². The van der Waals surface area contributed by atoms with E-state index >= 15 is 0 Å². The van der Waals surface area contributed by atoms with Crippen molar-refractivity contribution in [1.82, 2.24) is 14.7 Å². The molecule has 1 unspecified atom stereocenters. The van der Waals surface area contributed by atoms with Crippen molar-refractivity contribution >= 4 is 28.9 Å². The van der Waals surface area contributed by atoms with Gasteiger partial charge in [-0.15, -0.1) is 0 Å². The van der Waals surface area contributed by atoms with Gasteiger partial charge in [-0.25, -0.2) is 18.0 Å². The summed E-state index contributed by atoms with van der Waals surface area (Å²) in [7, 11) is 0. The number of carbonyl (C=O) groups excluding carboxylic acids is 1. The van der Waals surface area contributed by atoms with Crippen LogP contribution in [0.4, 0.5) is 24.5 Å². The zero-order valence-electron chi connectivity index (χ0n) is 25.5. The van der Waals surface area contributed by atoms with Gasteiger partial charge in [-0.1, -0.05) is 29.8 Å². The number of alkyl halides is 3. The lowest BCUT2D eigenvalue weighted by Gasteiger charge is -2.67. The Balaban J connectivity index is 1.05. The molecule has 1 aromatic heterocycles. The summed E-state index contributed by atoms with van der Waals surface area (Å²) in [6.45, 7) is 7.84. The van der Waals surface area contributed by atoms with E-state index in [2.05, 4.69) is 44.1 Å². The van der Waals surface area contributed by atoms with Crippen LogP contribution >= 0.6 is 11.6 Å². The predicted molar refractivity (Wildman–Crippen MR) is 169 cm³/mol. The Morgan fingerprint density at radius 3 is 2.44 bits per heavy atom. The molecule has 7 nitrogen and oxygen atoms in total. The highest BCUT2D eigenvalue weighted by Crippen LogP contribution is 2.69. The third-order valence-electron chi connectivity index (χ3n) is 10.1. The van der Waals surface area contributed by atoms with Crippen LogP contribution < -0.4 is 9.80 Å². The maximum atomic E-state index is 14.2. The molecule has 5 fully saturated rings. The molecule has 11 heteroatoms. The van der Waals surface area contributed by atoms with E-state index < -0.39 is 23.8 Å². The Morgan fingerprint density at radius 1 is 1.04 bits per heavy atom. The van der Waals surface area contributed by atoms with Gasteiger partial charge in [0.05, 0.1) is 18.8 Å². The second kappa shape index (κ2) is 11.8. The molecule has 0 N–H and O–H groups in total. The average Bonchev–Trinajstić information content (AvgIpc) is 3.47. The van der Waals surface area contributed by atoms with Gasteiger partial charge in [0.25, 0.3) is 6.43 Å². The van der Waals surface area contributed by atoms with Gasteiger partial charge >= 0.3 is 5.97 Å². The highest BCUT2D eigenvalue weighted by Gasteiger charge is 2.69. The summed E-state index contributed by atoms with van der Waals surface area (Å²) < 4.78 is 48.7. The zero-order valence-corrected chi connectivity index (χ0v) is 26.3. The third-order valence-corrected chi connectivity index (χ3v) is 10.4. The fraction of sp³-hybridized carbons (Fsp3) is 0.529. The van der Waals surface area contributed by atoms with Crippen LogP contribution in [-0.2, 0) is 4.74 Å². The predicted octanol–water partition coefficient (Wildman–Crippen LogP) is 7.17. The fourth-order valence-electron chi connectivity index (χ4n) is 8.15. The maximum absolute atomic E-state index is 14.2. The number of benzene rings is 2. The quantitative estimate of drug-likeness (QED) is 0.231. The summed E-state index contributed by atoms with van der Waals surface area (Å²) in [5.74, 6) is -0.782. The van der Waals surface area contributed by atoms with Crippen LogP contribution in [0, 0.1) is 5.41 Å². The van der Waals surface area contributed by atoms with Crippen LogP contribution in [0.1, 0.15) is 67.5 Å². The van der Waals surface area contributed by atoms with Gasteiger partial charge in [0.15, 0.2) is 0 Å². The monoisotopic (exact) mass is 641 g/mol. The van der Waals surface area contributed by atoms with Gasteiger partial charge < -0.3 is 14.5 Å². The number of anilines is 2. The molecule has 2 aromatic carbocycles. The Morgan fingerprint density at radius 2 is 1.78 bits per heavy atom. The minimum atomic E-state index is -2.86. The average molecular weight is 642 g/mol. The minimum absolute atomic E-state index is 0.0999. The van der Waals surface area contributed by atoms with Crippen LogP contribution in [0.2, 0.25) is 5.02 Å². The van der Waals surface area contributed by atoms with Crippen molar-refractivity contribution in [3.63, 3.8) is 0 Å². The number of hydrogen-bond acceptors (Lipinski definition) is 6. The number of esters is 1. The van der Waals surface area contributed by atoms with E-state index in [1.54, 1.807) is 6.92 Å². The molecule has 5 aliphatic rings. The molecule has 2 saturated heterocycles. The van der Waals surface area contributed by atoms with E-state index in [0.29, 0.717) is 18.0 Å². The standard InChI is InChI=1S/C34H39ClF3N5O2/c1-2-45-32(44)28-17-39-43(30(28)31(36)37)26-4-3-11-42(18-26)29-16-24(35)7-10-27(29)23-5-8-25(9-6-23)41-14-12-40(13-15-41)22-33-19-34(38,20-33)21-33/h5-10,16-17,26,31H,2-4,11-15,18-22H2,1H3. The largest absolute Gasteiger partial charge is 0.462 e. The molecule has 1 atom stereocenters. The zero-order chi connectivity index (χ0) is 31.3. The first-order valence-electron chi connectivity index (χ1n) is 16.0. The number of piperazine rings is 1. The summed E-state index contributed by atoms with van der Waals surface area (Å²) in [6, 6.07) is 14.1. The summed E-state index contributed by atoms with van der Waals surface area (Å²) in [5, 5.41) is 4.84. The second-order valence-electron chi connectivity index (χ2n) is 13.3. The molecule has 8 rings (SSSR count). The minimum Gasteiger partial charge on any atom is -0.462 e. The Kier molecular flexibility index (Phi) is 8.01. The van der Waals surface area contributed by atoms with Crippen molar-refractivity contribution in [2.75, 3.05) is 62.2 Å². The van der Waals surface area contributed by atoms with Crippen molar-refractivity contribution in [1.29, 1.82) is 0 Å². The molecule has 3 aromatic rings. The Hall–Kier alpha value is -3.24. The van der Waals surface area contributed by atoms with Crippen molar-refractivity contribution in [3.8, 4) is 11.1 Å². The SMILES string of the molecule is CCOC(=O)c1cnn(C2CCCN(c3cc(Cl)ccc3-c3ccc(N4CCN(CC56CC(F)(C5)C6)CC4)cc3)C2)c1C(F)F. The molecule has 0 amide bonds. The number of hydrogen-bond donors (Lipinski definition) is 0. The summed E-state index contributed by atoms with van der Waals surface area (Å²) >= 11 is 6.49. The van der Waals surface area contributed by atoms with Gasteiger partial charge in [-0.2, -0.15) is 5.10 Å². The first kappa shape index (κ1) is 30.4. The van der Waals surface area contributed by atoms with Gasteiger partial charge in [-0.3, -0.25) is 9.58 Å². The van der Waals surface area contributed by atoms with Crippen LogP contribution in [-0.4, -0.2) is 78.7 Å². The number of nitrogens with zero attached hydrogens (tertiary/aromatic N) is 5. The maximum Gasteiger partial charge on any atom is 0.341 e. The molecular formula is C34H39ClF3N5O2. The highest BCUT2D eigenvalue weighted by atomic mass is 35.5. The summed E-state index contributed by atoms with van der Waals surface area (Å²) in [5.41, 5.74) is 3.02. The Bertz CT molecular complexity index is 1540. The van der Waals surface area contributed by atoms with E-state index in [4.69, 9.17) is 16.3 Å². The van der Waals surface area contributed by atoms with Crippen LogP contribution in [0.15, 0.2) is 48.7 Å². The van der Waals surface area contributed by atoms with Crippen molar-refractivity contribution in [3.05, 3.63) is 64.9 Å². The number of rotatable bonds is 9. The molecule has 0 radical (unpaired) electrons. The molecule has 45 heavy (non-hydrogen) atoms. The lowest BCUT2D eigenvalue weighted by molar-refractivity contribution is -0.221. The highest BCUT2D eigenvalue weighted by molar-refractivity contribution is 6.31. The smallest absolute Gasteiger partial charge is 0.341 e. The molecule has 3 heterocycles. The van der Waals surface area contributed by atoms with Gasteiger partial charge in [0.1, 0.15) is 16.9 Å². The first-order chi connectivity index (χ1) is 21.7. The van der Waals surface area contributed by atoms with Gasteiger partial charge in [0.2, 0.25) is 0 Å². The first-order valence-corrected chi connectivity index (χ1v) is 16.4. The van der Waals surface area contributed by atoms with E-state index in [1.807, 2.05) is 18.2 Å². The van der Waals surface area contributed by atoms with Gasteiger partial charge in [-0.05, 0) is 74.3 Å². The van der Waals surface area contributed by atoms with Crippen LogP contribution in [0.3, 0.4) is 0 Å². The van der Waals surface area contributed by atoms with Crippen molar-refractivity contribution in [2.24, 2.45) is 5.41 Å². The van der Waals surface area contributed by atoms with E-state index in [0.717, 1.165) is 81.8 Å². The number of ether oxygens (including phenoxy) is 1. The van der Waals surface area contributed by atoms with Crippen molar-refractivity contribution in [2.45, 2.75) is 57.2 Å². The normalized spacial score (nSPS) is 26.5. The molecular weight excluding hydrogens is 603 g/mol. The molecule has 0 spiro atoms. The number of carbonyl (C=O) groups is 1. The molecule has 2 bridgehead atoms. The van der Waals surface area contributed by atoms with Crippen LogP contribution in [0.25, 0.3) is 11.1 Å². The Labute approximate surface area is 266 Å². The number of halogens is 4. The molecule has 240 valence electrons. The molecule has 3 aliphatic carbocycles. The molecule has 3 saturated carbocycles. The van der Waals surface area contributed by atoms with E-state index in [9.17, 15) is 18.0 Å². The van der Waals surface area contributed by atoms with Gasteiger partial charge in [0, 0.05) is 67.8 Å². The van der Waals surface area contributed by atoms with E-state index in [-0.39, 0.29) is 23.6 Å². The summed E-state index contributed by atoms with van der Waals surface area (Å²) in [4.78, 5) is 19.4. The summed E-state index contributed by atoms with van der Waals surface area (Å²) in [6.07, 6.45) is 2.03. The third kappa shape index (κ3) is 5.80. The lowest BCUT2D eigenvalue weighted by atomic mass is 9.42. The lowest BCUT2D eigenvalue weighted by Crippen LogP contribution is -2.68. The van der Waals surface area contributed by atoms with Crippen LogP contribution in [0.5, 0.6) is 0 Å². The second-order valence-corrected chi connectivity index (χ2v) is 13.7. The topological polar surface area (TPSA) is 53.8 Å². The number of aromatic nitrogens is 2. The van der Waals surface area contributed by atoms with Crippen molar-refractivity contribution < 1.29 is 22.7 Å².